The van der Waals surface area contributed by atoms with E-state index in [1.165, 1.54) is 12.1 Å². The Kier molecular flexibility index (Phi) is 6.50. The summed E-state index contributed by atoms with van der Waals surface area (Å²) in [5.74, 6) is -0.201. The van der Waals surface area contributed by atoms with Gasteiger partial charge in [-0.2, -0.15) is 0 Å². The third-order valence-electron chi connectivity index (χ3n) is 6.94. The molecular weight excluding hydrogens is 483 g/mol. The monoisotopic (exact) mass is 514 g/mol. The molecule has 0 saturated carbocycles. The van der Waals surface area contributed by atoms with Gasteiger partial charge in [0.25, 0.3) is 0 Å². The fourth-order valence-corrected chi connectivity index (χ4v) is 5.52. The van der Waals surface area contributed by atoms with Crippen molar-refractivity contribution in [3.8, 4) is 0 Å². The van der Waals surface area contributed by atoms with E-state index >= 15 is 0 Å². The highest BCUT2D eigenvalue weighted by Gasteiger charge is 2.42. The van der Waals surface area contributed by atoms with E-state index in [-0.39, 0.29) is 17.0 Å². The quantitative estimate of drug-likeness (QED) is 0.371. The number of carbonyl (C=O) groups is 1. The fourth-order valence-electron chi connectivity index (χ4n) is 5.20. The van der Waals surface area contributed by atoms with Crippen LogP contribution >= 0.6 is 12.2 Å². The first-order valence-corrected chi connectivity index (χ1v) is 12.8. The Bertz CT molecular complexity index is 1380. The summed E-state index contributed by atoms with van der Waals surface area (Å²) >= 11 is 6.00. The molecule has 0 amide bonds. The van der Waals surface area contributed by atoms with Crippen LogP contribution < -0.4 is 20.4 Å². The number of fused-ring (bicyclic) bond motifs is 1. The number of allylic oxidation sites excluding steroid dienone is 1. The number of Topliss-reactive ketones (excluding diaryl/α,β-unsaturated/α-hetero) is 1. The van der Waals surface area contributed by atoms with Crippen molar-refractivity contribution in [1.29, 1.82) is 0 Å². The van der Waals surface area contributed by atoms with Crippen molar-refractivity contribution in [3.05, 3.63) is 95.4 Å². The molecule has 0 radical (unpaired) electrons. The van der Waals surface area contributed by atoms with Crippen molar-refractivity contribution in [2.45, 2.75) is 32.7 Å². The Balaban J connectivity index is 1.70. The van der Waals surface area contributed by atoms with E-state index in [4.69, 9.17) is 12.2 Å². The van der Waals surface area contributed by atoms with Crippen LogP contribution in [-0.4, -0.2) is 25.0 Å². The number of carbonyl (C=O) groups excluding carboxylic acids is 1. The second-order valence-corrected chi connectivity index (χ2v) is 11.1. The molecule has 0 saturated heterocycles. The van der Waals surface area contributed by atoms with Gasteiger partial charge in [-0.1, -0.05) is 38.1 Å². The van der Waals surface area contributed by atoms with E-state index in [1.807, 2.05) is 48.2 Å². The Morgan fingerprint density at radius 1 is 1.03 bits per heavy atom. The normalized spacial score (nSPS) is 18.4. The van der Waals surface area contributed by atoms with Crippen molar-refractivity contribution in [2.75, 3.05) is 34.5 Å². The van der Waals surface area contributed by atoms with E-state index in [9.17, 15) is 9.18 Å². The summed E-state index contributed by atoms with van der Waals surface area (Å²) in [6.07, 6.45) is 1.21. The van der Waals surface area contributed by atoms with Crippen LogP contribution in [0.4, 0.5) is 27.1 Å². The third-order valence-corrected chi connectivity index (χ3v) is 7.24. The van der Waals surface area contributed by atoms with Gasteiger partial charge in [-0.05, 0) is 78.1 Å². The number of halogens is 1. The minimum atomic E-state index is -0.439. The molecule has 7 heteroatoms. The third kappa shape index (κ3) is 4.96. The van der Waals surface area contributed by atoms with E-state index in [0.717, 1.165) is 40.3 Å². The summed E-state index contributed by atoms with van der Waals surface area (Å²) in [7, 11) is 4.00. The van der Waals surface area contributed by atoms with Gasteiger partial charge in [0.1, 0.15) is 5.82 Å². The van der Waals surface area contributed by atoms with Crippen molar-refractivity contribution < 1.29 is 9.18 Å². The van der Waals surface area contributed by atoms with Crippen LogP contribution in [0.5, 0.6) is 0 Å². The molecule has 190 valence electrons. The maximum Gasteiger partial charge on any atom is 0.178 e. The van der Waals surface area contributed by atoms with E-state index in [2.05, 4.69) is 48.7 Å². The highest BCUT2D eigenvalue weighted by atomic mass is 32.1. The van der Waals surface area contributed by atoms with Crippen LogP contribution in [0.3, 0.4) is 0 Å². The molecule has 37 heavy (non-hydrogen) atoms. The number of hydrogen-bond donors (Lipinski definition) is 2. The van der Waals surface area contributed by atoms with Gasteiger partial charge in [0.15, 0.2) is 10.9 Å². The SMILES string of the molecule is CN(C)c1ccc(C2C3=C(CC(C)(C)CC3=O)Nc3ccccc3N2C(=S)Nc2ccc(F)cc2)cc1. The van der Waals surface area contributed by atoms with Gasteiger partial charge in [0.05, 0.1) is 17.4 Å². The number of nitrogens with one attached hydrogen (secondary N) is 2. The second kappa shape index (κ2) is 9.63. The Morgan fingerprint density at radius 3 is 2.38 bits per heavy atom. The molecular formula is C30H31FN4OS. The average Bonchev–Trinajstić information content (AvgIpc) is 2.99. The standard InChI is InChI=1S/C30H31FN4OS/c1-30(2)17-24-27(26(36)18-30)28(19-9-15-22(16-10-19)34(3)4)35(25-8-6-5-7-23(25)33-24)29(37)32-21-13-11-20(31)12-14-21/h5-16,28,33H,17-18H2,1-4H3,(H,32,37). The molecule has 2 N–H and O–H groups in total. The molecule has 0 fully saturated rings. The highest BCUT2D eigenvalue weighted by molar-refractivity contribution is 7.80. The van der Waals surface area contributed by atoms with Gasteiger partial charge in [0.2, 0.25) is 0 Å². The van der Waals surface area contributed by atoms with Gasteiger partial charge in [-0.25, -0.2) is 4.39 Å². The van der Waals surface area contributed by atoms with Crippen LogP contribution in [0, 0.1) is 11.2 Å². The van der Waals surface area contributed by atoms with Crippen molar-refractivity contribution in [2.24, 2.45) is 5.41 Å². The topological polar surface area (TPSA) is 47.6 Å². The Labute approximate surface area is 223 Å². The summed E-state index contributed by atoms with van der Waals surface area (Å²) in [6.45, 7) is 4.26. The first kappa shape index (κ1) is 25.0. The van der Waals surface area contributed by atoms with Gasteiger partial charge in [0, 0.05) is 43.2 Å². The number of hydrogen-bond acceptors (Lipinski definition) is 4. The number of rotatable bonds is 3. The molecule has 0 aromatic heterocycles. The lowest BCUT2D eigenvalue weighted by Crippen LogP contribution is -2.41. The summed E-state index contributed by atoms with van der Waals surface area (Å²) < 4.78 is 13.6. The van der Waals surface area contributed by atoms with Crippen molar-refractivity contribution >= 4 is 45.9 Å². The maximum atomic E-state index is 13.8. The van der Waals surface area contributed by atoms with Gasteiger partial charge < -0.3 is 20.4 Å². The first-order chi connectivity index (χ1) is 17.6. The number of para-hydroxylation sites is 2. The minimum Gasteiger partial charge on any atom is -0.378 e. The Morgan fingerprint density at radius 2 is 1.70 bits per heavy atom. The number of ketones is 1. The summed E-state index contributed by atoms with van der Waals surface area (Å²) in [6, 6.07) is 21.9. The van der Waals surface area contributed by atoms with Crippen LogP contribution in [-0.2, 0) is 4.79 Å². The predicted molar refractivity (Wildman–Crippen MR) is 154 cm³/mol. The van der Waals surface area contributed by atoms with Crippen LogP contribution in [0.2, 0.25) is 0 Å². The molecule has 1 atom stereocenters. The van der Waals surface area contributed by atoms with Gasteiger partial charge >= 0.3 is 0 Å². The number of nitrogens with zero attached hydrogens (tertiary/aromatic N) is 2. The zero-order valence-electron chi connectivity index (χ0n) is 21.5. The summed E-state index contributed by atoms with van der Waals surface area (Å²) in [4.78, 5) is 17.9. The molecule has 0 bridgehead atoms. The molecule has 3 aromatic rings. The number of thiocarbonyl (C=S) groups is 1. The molecule has 2 aliphatic rings. The van der Waals surface area contributed by atoms with Crippen molar-refractivity contribution in [1.82, 2.24) is 0 Å². The molecule has 5 rings (SSSR count). The highest BCUT2D eigenvalue weighted by Crippen LogP contribution is 2.48. The van der Waals surface area contributed by atoms with E-state index in [0.29, 0.717) is 17.2 Å². The molecule has 3 aromatic carbocycles. The zero-order valence-corrected chi connectivity index (χ0v) is 22.3. The van der Waals surface area contributed by atoms with Crippen LogP contribution in [0.15, 0.2) is 84.1 Å². The average molecular weight is 515 g/mol. The molecule has 1 aliphatic heterocycles. The lowest BCUT2D eigenvalue weighted by atomic mass is 9.73. The molecule has 1 heterocycles. The van der Waals surface area contributed by atoms with Crippen LogP contribution in [0.1, 0.15) is 38.3 Å². The maximum absolute atomic E-state index is 13.8. The summed E-state index contributed by atoms with van der Waals surface area (Å²) in [5, 5.41) is 7.31. The van der Waals surface area contributed by atoms with E-state index < -0.39 is 6.04 Å². The molecule has 1 unspecified atom stereocenters. The number of benzene rings is 3. The minimum absolute atomic E-state index is 0.114. The Hall–Kier alpha value is -3.71. The van der Waals surface area contributed by atoms with Gasteiger partial charge in [-0.3, -0.25) is 4.79 Å². The summed E-state index contributed by atoms with van der Waals surface area (Å²) in [5.41, 5.74) is 5.97. The molecule has 0 spiro atoms. The second-order valence-electron chi connectivity index (χ2n) is 10.7. The largest absolute Gasteiger partial charge is 0.378 e. The lowest BCUT2D eigenvalue weighted by Gasteiger charge is -2.38. The molecule has 1 aliphatic carbocycles. The lowest BCUT2D eigenvalue weighted by molar-refractivity contribution is -0.118. The molecule has 5 nitrogen and oxygen atoms in total. The van der Waals surface area contributed by atoms with E-state index in [1.54, 1.807) is 12.1 Å². The van der Waals surface area contributed by atoms with Crippen molar-refractivity contribution in [3.63, 3.8) is 0 Å². The van der Waals surface area contributed by atoms with Gasteiger partial charge in [-0.15, -0.1) is 0 Å². The zero-order chi connectivity index (χ0) is 26.3. The van der Waals surface area contributed by atoms with Crippen LogP contribution in [0.25, 0.3) is 0 Å². The number of anilines is 4. The fraction of sp³-hybridized carbons (Fsp3) is 0.267. The first-order valence-electron chi connectivity index (χ1n) is 12.4. The smallest absolute Gasteiger partial charge is 0.178 e. The predicted octanol–water partition coefficient (Wildman–Crippen LogP) is 6.91.